The van der Waals surface area contributed by atoms with Crippen molar-refractivity contribution in [2.75, 3.05) is 5.88 Å². The number of allylic oxidation sites excluding steroid dienone is 2. The minimum absolute atomic E-state index is 0.0208. The molecule has 2 rings (SSSR count). The largest absolute Gasteiger partial charge is 0.349 e. The molecule has 0 saturated heterocycles. The van der Waals surface area contributed by atoms with Crippen LogP contribution in [-0.2, 0) is 17.6 Å². The van der Waals surface area contributed by atoms with Gasteiger partial charge in [-0.25, -0.2) is 0 Å². The number of benzene rings is 1. The summed E-state index contributed by atoms with van der Waals surface area (Å²) in [5, 5.41) is 3.58. The van der Waals surface area contributed by atoms with Crippen molar-refractivity contribution in [1.29, 1.82) is 0 Å². The summed E-state index contributed by atoms with van der Waals surface area (Å²) in [4.78, 5) is 11.4. The third-order valence-corrected chi connectivity index (χ3v) is 3.59. The number of amides is 1. The second kappa shape index (κ2) is 5.77. The molecular weight excluding hydrogens is 269 g/mol. The Bertz CT molecular complexity index is 497. The fourth-order valence-electron chi connectivity index (χ4n) is 2.30. The molecule has 0 fully saturated rings. The van der Waals surface area contributed by atoms with E-state index in [1.54, 1.807) is 0 Å². The number of fused-ring (bicyclic) bond motifs is 1. The van der Waals surface area contributed by atoms with E-state index in [1.807, 2.05) is 19.1 Å². The molecule has 1 N–H and O–H groups in total. The summed E-state index contributed by atoms with van der Waals surface area (Å²) < 4.78 is 0. The van der Waals surface area contributed by atoms with Crippen LogP contribution < -0.4 is 5.32 Å². The number of nitrogens with one attached hydrogen (secondary N) is 1. The average molecular weight is 284 g/mol. The van der Waals surface area contributed by atoms with Crippen molar-refractivity contribution in [3.05, 3.63) is 46.0 Å². The van der Waals surface area contributed by atoms with Gasteiger partial charge in [0, 0.05) is 5.02 Å². The van der Waals surface area contributed by atoms with E-state index in [1.165, 1.54) is 11.1 Å². The molecule has 0 aliphatic heterocycles. The molecule has 1 unspecified atom stereocenters. The van der Waals surface area contributed by atoms with Crippen LogP contribution in [0.25, 0.3) is 0 Å². The smallest absolute Gasteiger partial charge is 0.235 e. The number of alkyl halides is 1. The maximum atomic E-state index is 11.4. The Labute approximate surface area is 117 Å². The molecule has 1 aromatic rings. The van der Waals surface area contributed by atoms with Crippen LogP contribution in [0.15, 0.2) is 24.3 Å². The second-order valence-corrected chi connectivity index (χ2v) is 5.14. The van der Waals surface area contributed by atoms with E-state index >= 15 is 0 Å². The van der Waals surface area contributed by atoms with E-state index in [-0.39, 0.29) is 17.8 Å². The Hall–Kier alpha value is -0.990. The maximum absolute atomic E-state index is 11.4. The molecular formula is C14H15Cl2NO. The number of hydrogen-bond donors (Lipinski definition) is 1. The van der Waals surface area contributed by atoms with Crippen molar-refractivity contribution >= 4 is 29.1 Å². The third kappa shape index (κ3) is 2.88. The lowest BCUT2D eigenvalue weighted by Gasteiger charge is -2.22. The predicted molar refractivity (Wildman–Crippen MR) is 75.3 cm³/mol. The van der Waals surface area contributed by atoms with Gasteiger partial charge in [0.1, 0.15) is 5.88 Å². The maximum Gasteiger partial charge on any atom is 0.235 e. The quantitative estimate of drug-likeness (QED) is 0.669. The van der Waals surface area contributed by atoms with Crippen LogP contribution in [0.2, 0.25) is 5.02 Å². The molecule has 96 valence electrons. The van der Waals surface area contributed by atoms with Gasteiger partial charge in [0.15, 0.2) is 0 Å². The van der Waals surface area contributed by atoms with Gasteiger partial charge in [0.2, 0.25) is 5.91 Å². The van der Waals surface area contributed by atoms with Crippen LogP contribution in [-0.4, -0.2) is 11.8 Å². The van der Waals surface area contributed by atoms with E-state index in [2.05, 4.69) is 17.5 Å². The summed E-state index contributed by atoms with van der Waals surface area (Å²) in [6.07, 6.45) is 6.09. The lowest BCUT2D eigenvalue weighted by atomic mass is 9.89. The van der Waals surface area contributed by atoms with Crippen LogP contribution in [0, 0.1) is 0 Å². The molecule has 0 bridgehead atoms. The van der Waals surface area contributed by atoms with Gasteiger partial charge in [0.25, 0.3) is 0 Å². The van der Waals surface area contributed by atoms with Gasteiger partial charge in [0.05, 0.1) is 6.04 Å². The summed E-state index contributed by atoms with van der Waals surface area (Å²) in [7, 11) is 0. The SMILES string of the molecule is CC(NC(=O)CCl)c1cc(Cl)cc2c1CC=CC2. The molecule has 1 aliphatic carbocycles. The summed E-state index contributed by atoms with van der Waals surface area (Å²) in [5.41, 5.74) is 3.59. The molecule has 0 saturated carbocycles. The molecule has 1 atom stereocenters. The van der Waals surface area contributed by atoms with E-state index in [0.29, 0.717) is 5.02 Å². The summed E-state index contributed by atoms with van der Waals surface area (Å²) >= 11 is 11.6. The van der Waals surface area contributed by atoms with Crippen molar-refractivity contribution in [3.8, 4) is 0 Å². The van der Waals surface area contributed by atoms with Crippen LogP contribution >= 0.6 is 23.2 Å². The van der Waals surface area contributed by atoms with Crippen molar-refractivity contribution in [1.82, 2.24) is 5.32 Å². The van der Waals surface area contributed by atoms with Gasteiger partial charge in [-0.2, -0.15) is 0 Å². The van der Waals surface area contributed by atoms with Crippen LogP contribution in [0.3, 0.4) is 0 Å². The molecule has 1 aromatic carbocycles. The zero-order valence-electron chi connectivity index (χ0n) is 10.2. The first-order valence-electron chi connectivity index (χ1n) is 5.93. The first-order chi connectivity index (χ1) is 8.61. The molecule has 0 radical (unpaired) electrons. The van der Waals surface area contributed by atoms with Gasteiger partial charge in [-0.15, -0.1) is 11.6 Å². The van der Waals surface area contributed by atoms with Crippen LogP contribution in [0.1, 0.15) is 29.7 Å². The van der Waals surface area contributed by atoms with E-state index < -0.39 is 0 Å². The highest BCUT2D eigenvalue weighted by molar-refractivity contribution is 6.30. The molecule has 0 spiro atoms. The van der Waals surface area contributed by atoms with Crippen molar-refractivity contribution in [2.45, 2.75) is 25.8 Å². The second-order valence-electron chi connectivity index (χ2n) is 4.44. The number of rotatable bonds is 3. The summed E-state index contributed by atoms with van der Waals surface area (Å²) in [6.45, 7) is 1.95. The van der Waals surface area contributed by atoms with Crippen LogP contribution in [0.5, 0.6) is 0 Å². The van der Waals surface area contributed by atoms with Gasteiger partial charge in [-0.05, 0) is 48.6 Å². The summed E-state index contributed by atoms with van der Waals surface area (Å²) in [6, 6.07) is 3.86. The molecule has 2 nitrogen and oxygen atoms in total. The van der Waals surface area contributed by atoms with Crippen molar-refractivity contribution in [2.24, 2.45) is 0 Å². The molecule has 1 amide bonds. The highest BCUT2D eigenvalue weighted by atomic mass is 35.5. The predicted octanol–water partition coefficient (Wildman–Crippen LogP) is 3.41. The van der Waals surface area contributed by atoms with Gasteiger partial charge in [-0.3, -0.25) is 4.79 Å². The minimum Gasteiger partial charge on any atom is -0.349 e. The fraction of sp³-hybridized carbons (Fsp3) is 0.357. The van der Waals surface area contributed by atoms with E-state index in [4.69, 9.17) is 23.2 Å². The Morgan fingerprint density at radius 1 is 1.39 bits per heavy atom. The highest BCUT2D eigenvalue weighted by Crippen LogP contribution is 2.29. The van der Waals surface area contributed by atoms with Crippen molar-refractivity contribution in [3.63, 3.8) is 0 Å². The lowest BCUT2D eigenvalue weighted by Crippen LogP contribution is -2.28. The number of halogens is 2. The standard InChI is InChI=1S/C14H15Cl2NO/c1-9(17-14(18)8-15)13-7-11(16)6-10-4-2-3-5-12(10)13/h2-3,6-7,9H,4-5,8H2,1H3,(H,17,18). The topological polar surface area (TPSA) is 29.1 Å². The minimum atomic E-state index is -0.163. The first-order valence-corrected chi connectivity index (χ1v) is 6.84. The van der Waals surface area contributed by atoms with E-state index in [9.17, 15) is 4.79 Å². The molecule has 4 heteroatoms. The third-order valence-electron chi connectivity index (χ3n) is 3.13. The Balaban J connectivity index is 2.32. The number of hydrogen-bond acceptors (Lipinski definition) is 1. The molecule has 18 heavy (non-hydrogen) atoms. The Morgan fingerprint density at radius 3 is 2.83 bits per heavy atom. The molecule has 0 aromatic heterocycles. The highest BCUT2D eigenvalue weighted by Gasteiger charge is 2.17. The zero-order valence-corrected chi connectivity index (χ0v) is 11.7. The molecule has 1 aliphatic rings. The fourth-order valence-corrected chi connectivity index (χ4v) is 2.63. The zero-order chi connectivity index (χ0) is 13.1. The number of carbonyl (C=O) groups is 1. The first kappa shape index (κ1) is 13.4. The van der Waals surface area contributed by atoms with Crippen molar-refractivity contribution < 1.29 is 4.79 Å². The summed E-state index contributed by atoms with van der Waals surface area (Å²) in [5.74, 6) is -0.184. The van der Waals surface area contributed by atoms with Gasteiger partial charge >= 0.3 is 0 Å². The average Bonchev–Trinajstić information content (AvgIpc) is 2.37. The molecule has 0 heterocycles. The van der Waals surface area contributed by atoms with Crippen LogP contribution in [0.4, 0.5) is 0 Å². The Kier molecular flexibility index (Phi) is 4.31. The normalized spacial score (nSPS) is 15.1. The van der Waals surface area contributed by atoms with Gasteiger partial charge in [-0.1, -0.05) is 23.8 Å². The monoisotopic (exact) mass is 283 g/mol. The van der Waals surface area contributed by atoms with Gasteiger partial charge < -0.3 is 5.32 Å². The Morgan fingerprint density at radius 2 is 2.11 bits per heavy atom. The lowest BCUT2D eigenvalue weighted by molar-refractivity contribution is -0.119. The number of carbonyl (C=O) groups excluding carboxylic acids is 1. The van der Waals surface area contributed by atoms with E-state index in [0.717, 1.165) is 18.4 Å².